The van der Waals surface area contributed by atoms with Crippen LogP contribution in [0.2, 0.25) is 0 Å². The Hall–Kier alpha value is -1.43. The molecule has 20 heavy (non-hydrogen) atoms. The fourth-order valence-electron chi connectivity index (χ4n) is 2.58. The number of hydrogen-bond acceptors (Lipinski definition) is 4. The molecule has 1 amide bonds. The third kappa shape index (κ3) is 3.56. The number of benzene rings is 1. The molecule has 1 aliphatic heterocycles. The molecule has 3 N–H and O–H groups in total. The number of rotatable bonds is 5. The Morgan fingerprint density at radius 2 is 2.20 bits per heavy atom. The van der Waals surface area contributed by atoms with Gasteiger partial charge in [0.2, 0.25) is 5.91 Å². The first kappa shape index (κ1) is 15.0. The average Bonchev–Trinajstić information content (AvgIpc) is 2.94. The molecule has 0 spiro atoms. The minimum Gasteiger partial charge on any atom is -0.380 e. The summed E-state index contributed by atoms with van der Waals surface area (Å²) in [5, 5.41) is 0. The van der Waals surface area contributed by atoms with E-state index >= 15 is 0 Å². The Morgan fingerprint density at radius 3 is 2.75 bits per heavy atom. The minimum atomic E-state index is -0.223. The highest BCUT2D eigenvalue weighted by atomic mass is 16.5. The normalized spacial score (nSPS) is 20.9. The van der Waals surface area contributed by atoms with Gasteiger partial charge in [0, 0.05) is 26.7 Å². The number of amides is 1. The highest BCUT2D eigenvalue weighted by molar-refractivity contribution is 5.82. The lowest BCUT2D eigenvalue weighted by atomic mass is 9.99. The fraction of sp³-hybridized carbons (Fsp3) is 0.533. The van der Waals surface area contributed by atoms with Crippen LogP contribution in [0.15, 0.2) is 24.3 Å². The van der Waals surface area contributed by atoms with Gasteiger partial charge in [-0.2, -0.15) is 0 Å². The number of carbonyl (C=O) groups is 1. The van der Waals surface area contributed by atoms with E-state index < -0.39 is 0 Å². The number of nitrogens with zero attached hydrogens (tertiary/aromatic N) is 1. The van der Waals surface area contributed by atoms with Crippen molar-refractivity contribution in [1.82, 2.24) is 10.3 Å². The Morgan fingerprint density at radius 1 is 1.50 bits per heavy atom. The molecule has 5 nitrogen and oxygen atoms in total. The van der Waals surface area contributed by atoms with Gasteiger partial charge >= 0.3 is 0 Å². The van der Waals surface area contributed by atoms with E-state index in [1.54, 1.807) is 7.11 Å². The van der Waals surface area contributed by atoms with Gasteiger partial charge in [0.1, 0.15) is 0 Å². The van der Waals surface area contributed by atoms with Gasteiger partial charge in [-0.05, 0) is 24.5 Å². The van der Waals surface area contributed by atoms with Gasteiger partial charge in [-0.1, -0.05) is 24.3 Å². The second-order valence-corrected chi connectivity index (χ2v) is 5.35. The van der Waals surface area contributed by atoms with Gasteiger partial charge in [-0.3, -0.25) is 15.1 Å². The molecule has 2 atom stereocenters. The zero-order chi connectivity index (χ0) is 14.5. The van der Waals surface area contributed by atoms with Gasteiger partial charge in [-0.15, -0.1) is 0 Å². The van der Waals surface area contributed by atoms with Crippen molar-refractivity contribution in [1.29, 1.82) is 0 Å². The van der Waals surface area contributed by atoms with Crippen molar-refractivity contribution >= 4 is 5.91 Å². The number of hydrazine groups is 1. The van der Waals surface area contributed by atoms with Crippen LogP contribution in [-0.4, -0.2) is 37.1 Å². The summed E-state index contributed by atoms with van der Waals surface area (Å²) in [6, 6.07) is 8.16. The number of hydrogen-bond donors (Lipinski definition) is 2. The fourth-order valence-corrected chi connectivity index (χ4v) is 2.58. The largest absolute Gasteiger partial charge is 0.380 e. The lowest BCUT2D eigenvalue weighted by Crippen LogP contribution is -2.33. The summed E-state index contributed by atoms with van der Waals surface area (Å²) in [7, 11) is 1.77. The molecule has 0 aromatic heterocycles. The molecular weight excluding hydrogens is 254 g/mol. The van der Waals surface area contributed by atoms with Crippen LogP contribution in [-0.2, 0) is 16.1 Å². The summed E-state index contributed by atoms with van der Waals surface area (Å²) >= 11 is 0. The van der Waals surface area contributed by atoms with E-state index in [9.17, 15) is 4.79 Å². The molecule has 1 aromatic carbocycles. The van der Waals surface area contributed by atoms with Crippen molar-refractivity contribution < 1.29 is 9.53 Å². The first-order valence-electron chi connectivity index (χ1n) is 6.98. The van der Waals surface area contributed by atoms with Crippen LogP contribution in [0.25, 0.3) is 0 Å². The minimum absolute atomic E-state index is 0.166. The lowest BCUT2D eigenvalue weighted by molar-refractivity contribution is -0.122. The van der Waals surface area contributed by atoms with Crippen molar-refractivity contribution in [3.8, 4) is 0 Å². The zero-order valence-electron chi connectivity index (χ0n) is 12.1. The van der Waals surface area contributed by atoms with E-state index in [4.69, 9.17) is 10.6 Å². The van der Waals surface area contributed by atoms with Gasteiger partial charge in [0.25, 0.3) is 0 Å². The summed E-state index contributed by atoms with van der Waals surface area (Å²) in [6.07, 6.45) is 1.46. The second kappa shape index (κ2) is 6.83. The third-order valence-corrected chi connectivity index (χ3v) is 3.98. The quantitative estimate of drug-likeness (QED) is 0.479. The molecule has 0 aliphatic carbocycles. The number of nitrogens with two attached hydrogens (primary N) is 1. The Bertz CT molecular complexity index is 447. The van der Waals surface area contributed by atoms with Crippen molar-refractivity contribution in [2.45, 2.75) is 31.9 Å². The number of nitrogens with one attached hydrogen (secondary N) is 1. The van der Waals surface area contributed by atoms with Crippen LogP contribution in [0.3, 0.4) is 0 Å². The molecule has 0 bridgehead atoms. The van der Waals surface area contributed by atoms with E-state index in [1.807, 2.05) is 19.1 Å². The molecular formula is C15H23N3O2. The van der Waals surface area contributed by atoms with Gasteiger partial charge in [-0.25, -0.2) is 5.84 Å². The third-order valence-electron chi connectivity index (χ3n) is 3.98. The van der Waals surface area contributed by atoms with Gasteiger partial charge in [0.15, 0.2) is 0 Å². The number of likely N-dealkylation sites (tertiary alicyclic amines) is 1. The first-order chi connectivity index (χ1) is 9.63. The maximum absolute atomic E-state index is 11.5. The molecule has 0 radical (unpaired) electrons. The van der Waals surface area contributed by atoms with Crippen molar-refractivity contribution in [3.05, 3.63) is 35.4 Å². The smallest absolute Gasteiger partial charge is 0.241 e. The number of carbonyl (C=O) groups excluding carboxylic acids is 1. The van der Waals surface area contributed by atoms with Crippen LogP contribution in [0.5, 0.6) is 0 Å². The monoisotopic (exact) mass is 277 g/mol. The van der Waals surface area contributed by atoms with E-state index in [2.05, 4.69) is 22.5 Å². The van der Waals surface area contributed by atoms with Crippen LogP contribution in [0.4, 0.5) is 0 Å². The van der Waals surface area contributed by atoms with Crippen molar-refractivity contribution in [2.24, 2.45) is 5.84 Å². The SMILES string of the molecule is COC1CCN(Cc2ccc(C(C)C(=O)NN)cc2)C1. The highest BCUT2D eigenvalue weighted by Crippen LogP contribution is 2.19. The molecule has 5 heteroatoms. The van der Waals surface area contributed by atoms with Crippen molar-refractivity contribution in [2.75, 3.05) is 20.2 Å². The molecule has 2 rings (SSSR count). The molecule has 1 aliphatic rings. The van der Waals surface area contributed by atoms with Crippen LogP contribution in [0.1, 0.15) is 30.4 Å². The standard InChI is InChI=1S/C15H23N3O2/c1-11(15(19)17-16)13-5-3-12(4-6-13)9-18-8-7-14(10-18)20-2/h3-6,11,14H,7-10,16H2,1-2H3,(H,17,19). The predicted octanol–water partition coefficient (Wildman–Crippen LogP) is 1.00. The number of methoxy groups -OCH3 is 1. The molecule has 1 heterocycles. The first-order valence-corrected chi connectivity index (χ1v) is 6.98. The molecule has 0 saturated carbocycles. The average molecular weight is 277 g/mol. The molecule has 1 saturated heterocycles. The van der Waals surface area contributed by atoms with Crippen LogP contribution in [0, 0.1) is 0 Å². The number of ether oxygens (including phenoxy) is 1. The zero-order valence-corrected chi connectivity index (χ0v) is 12.1. The summed E-state index contributed by atoms with van der Waals surface area (Å²) in [5.74, 6) is 4.77. The maximum Gasteiger partial charge on any atom is 0.241 e. The van der Waals surface area contributed by atoms with Gasteiger partial charge in [0.05, 0.1) is 12.0 Å². The highest BCUT2D eigenvalue weighted by Gasteiger charge is 2.22. The van der Waals surface area contributed by atoms with E-state index in [0.29, 0.717) is 6.10 Å². The van der Waals surface area contributed by atoms with E-state index in [1.165, 1.54) is 5.56 Å². The maximum atomic E-state index is 11.5. The Labute approximate surface area is 120 Å². The van der Waals surface area contributed by atoms with Crippen LogP contribution >= 0.6 is 0 Å². The lowest BCUT2D eigenvalue weighted by Gasteiger charge is -2.16. The predicted molar refractivity (Wildman–Crippen MR) is 77.9 cm³/mol. The molecule has 1 aromatic rings. The molecule has 110 valence electrons. The van der Waals surface area contributed by atoms with Crippen LogP contribution < -0.4 is 11.3 Å². The molecule has 2 unspecified atom stereocenters. The van der Waals surface area contributed by atoms with E-state index in [-0.39, 0.29) is 11.8 Å². The molecule has 1 fully saturated rings. The summed E-state index contributed by atoms with van der Waals surface area (Å²) in [4.78, 5) is 13.9. The Kier molecular flexibility index (Phi) is 5.11. The summed E-state index contributed by atoms with van der Waals surface area (Å²) in [5.41, 5.74) is 4.42. The topological polar surface area (TPSA) is 67.6 Å². The Balaban J connectivity index is 1.93. The summed E-state index contributed by atoms with van der Waals surface area (Å²) in [6.45, 7) is 4.84. The summed E-state index contributed by atoms with van der Waals surface area (Å²) < 4.78 is 5.37. The van der Waals surface area contributed by atoms with Crippen molar-refractivity contribution in [3.63, 3.8) is 0 Å². The second-order valence-electron chi connectivity index (χ2n) is 5.35. The van der Waals surface area contributed by atoms with Gasteiger partial charge < -0.3 is 4.74 Å². The van der Waals surface area contributed by atoms with E-state index in [0.717, 1.165) is 31.6 Å².